The van der Waals surface area contributed by atoms with E-state index in [2.05, 4.69) is 31.2 Å². The highest BCUT2D eigenvalue weighted by molar-refractivity contribution is 7.93. The third kappa shape index (κ3) is 12.3. The van der Waals surface area contributed by atoms with Crippen molar-refractivity contribution >= 4 is 79.6 Å². The van der Waals surface area contributed by atoms with Crippen LogP contribution < -0.4 is 25.6 Å². The first-order valence-corrected chi connectivity index (χ1v) is 20.1. The molecule has 6 N–H and O–H groups in total. The SMILES string of the molecule is C[NH+]1CCN(C2CCC(n3cc(-c4ccc(NS(=O)(=O)c5c(Cl)cccc5Cl)c(F)c4)c4c(N)ncnc43)CC2)CC1.O=C([O-])/C=C\C(=O)O.O=C([O-])CCC(=O)O. The molecule has 0 radical (unpaired) electrons. The molecule has 312 valence electrons. The molecule has 1 saturated carbocycles. The fourth-order valence-electron chi connectivity index (χ4n) is 6.63. The number of rotatable bonds is 11. The molecule has 1 aliphatic carbocycles. The molecular formula is C37H41Cl2FN7O10S-. The molecule has 2 aromatic carbocycles. The lowest BCUT2D eigenvalue weighted by Gasteiger charge is -2.40. The van der Waals surface area contributed by atoms with E-state index < -0.39 is 46.1 Å². The Labute approximate surface area is 342 Å². The Morgan fingerprint density at radius 1 is 0.983 bits per heavy atom. The van der Waals surface area contributed by atoms with Gasteiger partial charge in [-0.1, -0.05) is 35.3 Å². The number of nitrogen functional groups attached to an aromatic ring is 1. The smallest absolute Gasteiger partial charge is 0.328 e. The van der Waals surface area contributed by atoms with E-state index in [9.17, 15) is 37.8 Å². The summed E-state index contributed by atoms with van der Waals surface area (Å²) in [6.07, 6.45) is 7.84. The van der Waals surface area contributed by atoms with E-state index in [1.165, 1.54) is 49.7 Å². The number of halogens is 3. The van der Waals surface area contributed by atoms with Gasteiger partial charge in [-0.2, -0.15) is 0 Å². The Morgan fingerprint density at radius 3 is 2.12 bits per heavy atom. The molecule has 17 nitrogen and oxygen atoms in total. The van der Waals surface area contributed by atoms with Gasteiger partial charge in [-0.15, -0.1) is 0 Å². The maximum atomic E-state index is 15.4. The van der Waals surface area contributed by atoms with Crippen molar-refractivity contribution in [3.8, 4) is 11.1 Å². The number of benzene rings is 2. The average molecular weight is 866 g/mol. The second-order valence-electron chi connectivity index (χ2n) is 13.5. The number of hydrogen-bond acceptors (Lipinski definition) is 12. The molecule has 1 saturated heterocycles. The quantitative estimate of drug-likeness (QED) is 0.133. The van der Waals surface area contributed by atoms with Crippen LogP contribution in [-0.4, -0.2) is 101 Å². The summed E-state index contributed by atoms with van der Waals surface area (Å²) in [6.45, 7) is 4.66. The molecule has 2 aliphatic rings. The summed E-state index contributed by atoms with van der Waals surface area (Å²) in [5.41, 5.74) is 8.03. The molecule has 0 atom stereocenters. The van der Waals surface area contributed by atoms with Crippen molar-refractivity contribution in [1.82, 2.24) is 19.4 Å². The number of likely N-dealkylation sites (N-methyl/N-ethyl adjacent to an activating group) is 1. The Hall–Kier alpha value is -5.34. The highest BCUT2D eigenvalue weighted by Crippen LogP contribution is 2.40. The lowest BCUT2D eigenvalue weighted by atomic mass is 9.89. The lowest BCUT2D eigenvalue weighted by Crippen LogP contribution is -3.12. The third-order valence-corrected chi connectivity index (χ3v) is 11.8. The van der Waals surface area contributed by atoms with Gasteiger partial charge in [0.15, 0.2) is 0 Å². The standard InChI is InChI=1S/C29H32Cl2FN7O2S.C4H6O4.C4H4O4/c1-37-11-13-38(14-12-37)19-6-8-20(9-7-19)39-16-21(26-28(33)34-17-35-29(26)39)18-5-10-25(24(32)15-18)36-42(40,41)27-22(30)3-2-4-23(27)31;2*5-3(6)1-2-4(7)8/h2-5,10,15-17,19-20,36H,6-9,11-14H2,1H3,(H2,33,34,35);1-2H2,(H,5,6)(H,7,8);1-2H,(H,5,6)(H,7,8)/p-1/b;;2-1-. The lowest BCUT2D eigenvalue weighted by molar-refractivity contribution is -0.884. The van der Waals surface area contributed by atoms with Gasteiger partial charge in [0.05, 0.1) is 53.6 Å². The molecule has 1 aliphatic heterocycles. The highest BCUT2D eigenvalue weighted by Gasteiger charge is 2.31. The van der Waals surface area contributed by atoms with Gasteiger partial charge in [0.25, 0.3) is 10.0 Å². The number of carboxylic acids is 4. The van der Waals surface area contributed by atoms with Gasteiger partial charge in [-0.3, -0.25) is 14.4 Å². The number of nitrogens with two attached hydrogens (primary N) is 1. The highest BCUT2D eigenvalue weighted by atomic mass is 35.5. The number of anilines is 2. The van der Waals surface area contributed by atoms with Crippen molar-refractivity contribution in [2.45, 2.75) is 55.5 Å². The Balaban J connectivity index is 0.000000393. The number of hydrogen-bond donors (Lipinski definition) is 5. The average Bonchev–Trinajstić information content (AvgIpc) is 3.56. The minimum atomic E-state index is -4.24. The molecule has 0 amide bonds. The topological polar surface area (TPSA) is 265 Å². The van der Waals surface area contributed by atoms with Crippen LogP contribution in [-0.2, 0) is 29.2 Å². The number of aliphatic carboxylic acids is 4. The first-order chi connectivity index (χ1) is 27.4. The molecule has 0 unspecified atom stereocenters. The molecule has 3 heterocycles. The molecule has 58 heavy (non-hydrogen) atoms. The van der Waals surface area contributed by atoms with Crippen LogP contribution in [0.15, 0.2) is 66.0 Å². The van der Waals surface area contributed by atoms with Crippen molar-refractivity contribution in [3.05, 3.63) is 76.9 Å². The minimum absolute atomic E-state index is 0.0612. The summed E-state index contributed by atoms with van der Waals surface area (Å²) >= 11 is 12.2. The van der Waals surface area contributed by atoms with E-state index in [0.29, 0.717) is 46.2 Å². The predicted molar refractivity (Wildman–Crippen MR) is 208 cm³/mol. The van der Waals surface area contributed by atoms with E-state index in [-0.39, 0.29) is 33.1 Å². The Morgan fingerprint density at radius 2 is 1.60 bits per heavy atom. The number of aromatic nitrogens is 3. The Kier molecular flexibility index (Phi) is 15.9. The number of carbonyl (C=O) groups is 4. The largest absolute Gasteiger partial charge is 0.550 e. The number of nitrogens with zero attached hydrogens (tertiary/aromatic N) is 4. The normalized spacial score (nSPS) is 17.4. The zero-order chi connectivity index (χ0) is 42.7. The first kappa shape index (κ1) is 45.4. The summed E-state index contributed by atoms with van der Waals surface area (Å²) in [7, 11) is -1.99. The second-order valence-corrected chi connectivity index (χ2v) is 15.9. The fourth-order valence-corrected chi connectivity index (χ4v) is 8.84. The van der Waals surface area contributed by atoms with Crippen LogP contribution in [0.25, 0.3) is 22.2 Å². The molecule has 6 rings (SSSR count). The van der Waals surface area contributed by atoms with Crippen LogP contribution in [0.5, 0.6) is 0 Å². The van der Waals surface area contributed by atoms with Gasteiger partial charge >= 0.3 is 11.9 Å². The van der Waals surface area contributed by atoms with Crippen molar-refractivity contribution in [3.63, 3.8) is 0 Å². The van der Waals surface area contributed by atoms with Crippen molar-refractivity contribution in [2.75, 3.05) is 43.7 Å². The van der Waals surface area contributed by atoms with Crippen LogP contribution >= 0.6 is 23.2 Å². The Bertz CT molecular complexity index is 2230. The minimum Gasteiger partial charge on any atom is -0.550 e. The number of carbonyl (C=O) groups excluding carboxylic acids is 2. The molecular weight excluding hydrogens is 824 g/mol. The molecule has 2 fully saturated rings. The van der Waals surface area contributed by atoms with Crippen molar-refractivity contribution in [2.24, 2.45) is 0 Å². The summed E-state index contributed by atoms with van der Waals surface area (Å²) in [5.74, 6) is -5.70. The third-order valence-electron chi connectivity index (χ3n) is 9.48. The fraction of sp³-hybridized carbons (Fsp3) is 0.351. The first-order valence-electron chi connectivity index (χ1n) is 17.8. The molecule has 0 spiro atoms. The van der Waals surface area contributed by atoms with Crippen LogP contribution in [0, 0.1) is 5.82 Å². The van der Waals surface area contributed by atoms with Crippen LogP contribution in [0.3, 0.4) is 0 Å². The molecule has 21 heteroatoms. The molecule has 2 aromatic heterocycles. The van der Waals surface area contributed by atoms with E-state index in [1.807, 2.05) is 6.20 Å². The maximum absolute atomic E-state index is 15.4. The van der Waals surface area contributed by atoms with E-state index in [1.54, 1.807) is 11.0 Å². The molecule has 4 aromatic rings. The molecule has 0 bridgehead atoms. The zero-order valence-electron chi connectivity index (χ0n) is 31.1. The van der Waals surface area contributed by atoms with Gasteiger partial charge in [0, 0.05) is 49.0 Å². The number of carboxylic acid groups (broad SMARTS) is 4. The van der Waals surface area contributed by atoms with Gasteiger partial charge in [0.2, 0.25) is 0 Å². The second kappa shape index (κ2) is 20.4. The van der Waals surface area contributed by atoms with Gasteiger partial charge in [-0.05, 0) is 68.0 Å². The van der Waals surface area contributed by atoms with Crippen LogP contribution in [0.1, 0.15) is 44.6 Å². The van der Waals surface area contributed by atoms with Crippen LogP contribution in [0.4, 0.5) is 15.9 Å². The van der Waals surface area contributed by atoms with Gasteiger partial charge in [0.1, 0.15) is 28.5 Å². The number of fused-ring (bicyclic) bond motifs is 1. The summed E-state index contributed by atoms with van der Waals surface area (Å²) < 4.78 is 45.8. The predicted octanol–water partition coefficient (Wildman–Crippen LogP) is 1.22. The monoisotopic (exact) mass is 864 g/mol. The number of quaternary nitrogens is 1. The number of nitrogens with one attached hydrogen (secondary N) is 2. The zero-order valence-corrected chi connectivity index (χ0v) is 33.4. The summed E-state index contributed by atoms with van der Waals surface area (Å²) in [5, 5.41) is 35.2. The number of piperazine rings is 1. The maximum Gasteiger partial charge on any atom is 0.328 e. The number of sulfonamides is 1. The van der Waals surface area contributed by atoms with Crippen molar-refractivity contribution in [1.29, 1.82) is 0 Å². The van der Waals surface area contributed by atoms with E-state index >= 15 is 4.39 Å². The summed E-state index contributed by atoms with van der Waals surface area (Å²) in [4.78, 5) is 50.8. The van der Waals surface area contributed by atoms with E-state index in [4.69, 9.17) is 39.1 Å². The van der Waals surface area contributed by atoms with Crippen LogP contribution in [0.2, 0.25) is 10.0 Å². The van der Waals surface area contributed by atoms with Gasteiger partial charge in [-0.25, -0.2) is 27.6 Å². The van der Waals surface area contributed by atoms with Gasteiger partial charge < -0.3 is 45.2 Å². The van der Waals surface area contributed by atoms with Crippen molar-refractivity contribution < 1.29 is 57.3 Å². The van der Waals surface area contributed by atoms with E-state index in [0.717, 1.165) is 38.8 Å². The summed E-state index contributed by atoms with van der Waals surface area (Å²) in [6, 6.07) is 9.48.